The molecule has 1 unspecified atom stereocenters. The molecular formula is C11H24O2. The van der Waals surface area contributed by atoms with Crippen LogP contribution in [0.3, 0.4) is 0 Å². The van der Waals surface area contributed by atoms with E-state index in [1.807, 2.05) is 13.8 Å². The van der Waals surface area contributed by atoms with Crippen LogP contribution < -0.4 is 0 Å². The molecule has 0 aliphatic heterocycles. The quantitative estimate of drug-likeness (QED) is 0.622. The van der Waals surface area contributed by atoms with E-state index >= 15 is 0 Å². The summed E-state index contributed by atoms with van der Waals surface area (Å²) in [6, 6.07) is 0. The zero-order chi connectivity index (χ0) is 10.3. The van der Waals surface area contributed by atoms with Crippen LogP contribution in [0.1, 0.15) is 52.9 Å². The van der Waals surface area contributed by atoms with Crippen molar-refractivity contribution < 1.29 is 9.84 Å². The zero-order valence-corrected chi connectivity index (χ0v) is 9.47. The van der Waals surface area contributed by atoms with Gasteiger partial charge in [0.15, 0.2) is 0 Å². The number of ether oxygens (including phenoxy) is 1. The highest BCUT2D eigenvalue weighted by molar-refractivity contribution is 4.77. The molecule has 80 valence electrons. The molecule has 0 saturated heterocycles. The van der Waals surface area contributed by atoms with Crippen molar-refractivity contribution in [3.63, 3.8) is 0 Å². The second-order valence-corrected chi connectivity index (χ2v) is 4.17. The lowest BCUT2D eigenvalue weighted by molar-refractivity contribution is -0.0807. The molecule has 0 radical (unpaired) electrons. The molecule has 0 saturated carbocycles. The normalized spacial score (nSPS) is 14.5. The predicted molar refractivity (Wildman–Crippen MR) is 55.9 cm³/mol. The third kappa shape index (κ3) is 5.27. The van der Waals surface area contributed by atoms with E-state index in [-0.39, 0.29) is 6.10 Å². The second kappa shape index (κ2) is 6.39. The number of methoxy groups -OCH3 is 1. The molecule has 0 aliphatic rings. The number of hydrogen-bond donors (Lipinski definition) is 1. The van der Waals surface area contributed by atoms with Crippen LogP contribution in [0.5, 0.6) is 0 Å². The van der Waals surface area contributed by atoms with Crippen molar-refractivity contribution in [2.24, 2.45) is 0 Å². The van der Waals surface area contributed by atoms with Gasteiger partial charge in [-0.1, -0.05) is 32.6 Å². The maximum absolute atomic E-state index is 9.75. The van der Waals surface area contributed by atoms with E-state index in [0.29, 0.717) is 0 Å². The van der Waals surface area contributed by atoms with Crippen LogP contribution in [0.25, 0.3) is 0 Å². The molecule has 0 aromatic rings. The number of rotatable bonds is 7. The van der Waals surface area contributed by atoms with Crippen LogP contribution in [0.4, 0.5) is 0 Å². The number of aliphatic hydroxyl groups is 1. The van der Waals surface area contributed by atoms with Crippen molar-refractivity contribution in [1.29, 1.82) is 0 Å². The Morgan fingerprint density at radius 3 is 2.31 bits per heavy atom. The Morgan fingerprint density at radius 2 is 1.85 bits per heavy atom. The summed E-state index contributed by atoms with van der Waals surface area (Å²) in [7, 11) is 1.65. The summed E-state index contributed by atoms with van der Waals surface area (Å²) >= 11 is 0. The van der Waals surface area contributed by atoms with E-state index in [9.17, 15) is 5.11 Å². The summed E-state index contributed by atoms with van der Waals surface area (Å²) in [4.78, 5) is 0. The third-order valence-corrected chi connectivity index (χ3v) is 2.66. The van der Waals surface area contributed by atoms with Crippen LogP contribution in [-0.4, -0.2) is 23.9 Å². The molecule has 0 heterocycles. The van der Waals surface area contributed by atoms with E-state index in [2.05, 4.69) is 6.92 Å². The molecule has 1 N–H and O–H groups in total. The zero-order valence-electron chi connectivity index (χ0n) is 9.47. The topological polar surface area (TPSA) is 29.5 Å². The maximum Gasteiger partial charge on any atom is 0.0880 e. The van der Waals surface area contributed by atoms with E-state index in [0.717, 1.165) is 12.8 Å². The van der Waals surface area contributed by atoms with E-state index < -0.39 is 5.60 Å². The Bertz CT molecular complexity index is 121. The van der Waals surface area contributed by atoms with Crippen LogP contribution in [0, 0.1) is 0 Å². The first-order valence-corrected chi connectivity index (χ1v) is 5.27. The highest BCUT2D eigenvalue weighted by Gasteiger charge is 2.26. The monoisotopic (exact) mass is 188 g/mol. The fourth-order valence-electron chi connectivity index (χ4n) is 1.25. The molecule has 0 aromatic carbocycles. The van der Waals surface area contributed by atoms with Gasteiger partial charge in [-0.05, 0) is 20.3 Å². The minimum Gasteiger partial charge on any atom is -0.390 e. The van der Waals surface area contributed by atoms with Crippen LogP contribution in [-0.2, 0) is 4.74 Å². The van der Waals surface area contributed by atoms with Gasteiger partial charge >= 0.3 is 0 Å². The lowest BCUT2D eigenvalue weighted by Crippen LogP contribution is -2.37. The molecule has 0 aromatic heterocycles. The summed E-state index contributed by atoms with van der Waals surface area (Å²) in [6.45, 7) is 6.05. The fraction of sp³-hybridized carbons (Fsp3) is 1.00. The van der Waals surface area contributed by atoms with Gasteiger partial charge in [0.25, 0.3) is 0 Å². The highest BCUT2D eigenvalue weighted by atomic mass is 16.5. The smallest absolute Gasteiger partial charge is 0.0880 e. The second-order valence-electron chi connectivity index (χ2n) is 4.17. The van der Waals surface area contributed by atoms with Crippen LogP contribution in [0.15, 0.2) is 0 Å². The fourth-order valence-corrected chi connectivity index (χ4v) is 1.25. The SMILES string of the molecule is CCCCCCC(O)C(C)(C)OC. The molecule has 2 nitrogen and oxygen atoms in total. The number of hydrogen-bond acceptors (Lipinski definition) is 2. The van der Waals surface area contributed by atoms with Crippen molar-refractivity contribution >= 4 is 0 Å². The predicted octanol–water partition coefficient (Wildman–Crippen LogP) is 2.74. The van der Waals surface area contributed by atoms with Crippen LogP contribution in [0.2, 0.25) is 0 Å². The Kier molecular flexibility index (Phi) is 6.35. The Balaban J connectivity index is 3.55. The molecule has 0 fully saturated rings. The largest absolute Gasteiger partial charge is 0.390 e. The average molecular weight is 188 g/mol. The standard InChI is InChI=1S/C11H24O2/c1-5-6-7-8-9-10(12)11(2,3)13-4/h10,12H,5-9H2,1-4H3. The number of aliphatic hydroxyl groups excluding tert-OH is 1. The summed E-state index contributed by atoms with van der Waals surface area (Å²) < 4.78 is 5.21. The van der Waals surface area contributed by atoms with Crippen molar-refractivity contribution in [1.82, 2.24) is 0 Å². The van der Waals surface area contributed by atoms with Gasteiger partial charge in [0.1, 0.15) is 0 Å². The van der Waals surface area contributed by atoms with Gasteiger partial charge < -0.3 is 9.84 Å². The molecule has 1 atom stereocenters. The summed E-state index contributed by atoms with van der Waals surface area (Å²) in [5.41, 5.74) is -0.397. The van der Waals surface area contributed by atoms with E-state index in [1.54, 1.807) is 7.11 Å². The van der Waals surface area contributed by atoms with Gasteiger partial charge in [-0.3, -0.25) is 0 Å². The Labute approximate surface area is 82.3 Å². The molecular weight excluding hydrogens is 164 g/mol. The average Bonchev–Trinajstić information content (AvgIpc) is 2.12. The molecule has 13 heavy (non-hydrogen) atoms. The number of unbranched alkanes of at least 4 members (excludes halogenated alkanes) is 3. The van der Waals surface area contributed by atoms with Crippen molar-refractivity contribution in [2.75, 3.05) is 7.11 Å². The van der Waals surface area contributed by atoms with Crippen molar-refractivity contribution in [3.05, 3.63) is 0 Å². The van der Waals surface area contributed by atoms with Gasteiger partial charge in [0, 0.05) is 7.11 Å². The third-order valence-electron chi connectivity index (χ3n) is 2.66. The summed E-state index contributed by atoms with van der Waals surface area (Å²) in [5.74, 6) is 0. The minimum absolute atomic E-state index is 0.339. The van der Waals surface area contributed by atoms with Gasteiger partial charge in [-0.25, -0.2) is 0 Å². The minimum atomic E-state index is -0.397. The maximum atomic E-state index is 9.75. The molecule has 2 heteroatoms. The first-order valence-electron chi connectivity index (χ1n) is 5.27. The van der Waals surface area contributed by atoms with E-state index in [1.165, 1.54) is 19.3 Å². The summed E-state index contributed by atoms with van der Waals surface area (Å²) in [6.07, 6.45) is 5.33. The summed E-state index contributed by atoms with van der Waals surface area (Å²) in [5, 5.41) is 9.75. The molecule has 0 amide bonds. The first-order chi connectivity index (χ1) is 6.04. The molecule has 0 bridgehead atoms. The molecule has 0 spiro atoms. The van der Waals surface area contributed by atoms with Crippen molar-refractivity contribution in [3.8, 4) is 0 Å². The van der Waals surface area contributed by atoms with Crippen molar-refractivity contribution in [2.45, 2.75) is 64.6 Å². The Hall–Kier alpha value is -0.0800. The first kappa shape index (κ1) is 12.9. The lowest BCUT2D eigenvalue weighted by Gasteiger charge is -2.28. The lowest BCUT2D eigenvalue weighted by atomic mass is 9.96. The van der Waals surface area contributed by atoms with Gasteiger partial charge in [-0.2, -0.15) is 0 Å². The van der Waals surface area contributed by atoms with Gasteiger partial charge in [0.05, 0.1) is 11.7 Å². The Morgan fingerprint density at radius 1 is 1.23 bits per heavy atom. The van der Waals surface area contributed by atoms with Crippen LogP contribution >= 0.6 is 0 Å². The molecule has 0 rings (SSSR count). The van der Waals surface area contributed by atoms with Gasteiger partial charge in [-0.15, -0.1) is 0 Å². The van der Waals surface area contributed by atoms with Gasteiger partial charge in [0.2, 0.25) is 0 Å². The van der Waals surface area contributed by atoms with E-state index in [4.69, 9.17) is 4.74 Å². The molecule has 0 aliphatic carbocycles. The highest BCUT2D eigenvalue weighted by Crippen LogP contribution is 2.18.